The monoisotopic (exact) mass is 263 g/mol. The molecule has 1 aromatic carbocycles. The molecular weight excluding hydrogens is 242 g/mol. The Morgan fingerprint density at radius 2 is 2.21 bits per heavy atom. The highest BCUT2D eigenvalue weighted by atomic mass is 16.5. The van der Waals surface area contributed by atoms with Crippen molar-refractivity contribution in [2.75, 3.05) is 19.7 Å². The van der Waals surface area contributed by atoms with E-state index in [0.717, 1.165) is 25.1 Å². The molecule has 0 radical (unpaired) electrons. The molecule has 1 aliphatic heterocycles. The zero-order valence-corrected chi connectivity index (χ0v) is 11.8. The number of carboxylic acids is 1. The minimum atomic E-state index is -0.920. The van der Waals surface area contributed by atoms with E-state index in [-0.39, 0.29) is 5.56 Å². The first kappa shape index (κ1) is 13.9. The van der Waals surface area contributed by atoms with Gasteiger partial charge in [-0.2, -0.15) is 0 Å². The normalized spacial score (nSPS) is 19.0. The van der Waals surface area contributed by atoms with E-state index in [9.17, 15) is 9.90 Å². The number of carbonyl (C=O) groups is 1. The fourth-order valence-electron chi connectivity index (χ4n) is 2.77. The molecule has 1 aromatic rings. The maximum Gasteiger partial charge on any atom is 0.339 e. The molecule has 0 bridgehead atoms. The van der Waals surface area contributed by atoms with Gasteiger partial charge in [-0.05, 0) is 50.1 Å². The first-order valence-electron chi connectivity index (χ1n) is 6.85. The van der Waals surface area contributed by atoms with Crippen LogP contribution in [0, 0.1) is 0 Å². The Morgan fingerprint density at radius 3 is 2.79 bits per heavy atom. The van der Waals surface area contributed by atoms with E-state index in [1.165, 1.54) is 5.56 Å². The van der Waals surface area contributed by atoms with Crippen LogP contribution in [0.15, 0.2) is 12.1 Å². The average Bonchev–Trinajstić information content (AvgIpc) is 2.39. The minimum absolute atomic E-state index is 0.276. The standard InChI is InChI=1S/C15H21NO3/c1-4-16-7-6-11-8-13(15(17)18)14(19-5-2)9-12(11)10(16)3/h8-10H,4-7H2,1-3H3,(H,17,18). The number of aromatic carboxylic acids is 1. The molecule has 1 N–H and O–H groups in total. The first-order chi connectivity index (χ1) is 9.08. The number of hydrogen-bond acceptors (Lipinski definition) is 3. The summed E-state index contributed by atoms with van der Waals surface area (Å²) in [4.78, 5) is 13.7. The van der Waals surface area contributed by atoms with Crippen molar-refractivity contribution in [3.05, 3.63) is 28.8 Å². The van der Waals surface area contributed by atoms with Crippen LogP contribution in [0.4, 0.5) is 0 Å². The van der Waals surface area contributed by atoms with E-state index in [2.05, 4.69) is 18.7 Å². The Balaban J connectivity index is 2.47. The van der Waals surface area contributed by atoms with E-state index in [0.29, 0.717) is 18.4 Å². The molecule has 0 fully saturated rings. The highest BCUT2D eigenvalue weighted by Gasteiger charge is 2.25. The van der Waals surface area contributed by atoms with E-state index in [1.807, 2.05) is 13.0 Å². The second-order valence-electron chi connectivity index (χ2n) is 4.84. The van der Waals surface area contributed by atoms with Gasteiger partial charge in [-0.1, -0.05) is 6.92 Å². The predicted molar refractivity (Wildman–Crippen MR) is 73.9 cm³/mol. The van der Waals surface area contributed by atoms with Gasteiger partial charge in [0.2, 0.25) is 0 Å². The van der Waals surface area contributed by atoms with Crippen LogP contribution in [0.2, 0.25) is 0 Å². The van der Waals surface area contributed by atoms with Crippen LogP contribution >= 0.6 is 0 Å². The highest BCUT2D eigenvalue weighted by Crippen LogP contribution is 2.34. The SMILES string of the molecule is CCOc1cc2c(cc1C(=O)O)CCN(CC)C2C. The van der Waals surface area contributed by atoms with Crippen LogP contribution in [0.25, 0.3) is 0 Å². The number of hydrogen-bond donors (Lipinski definition) is 1. The van der Waals surface area contributed by atoms with Gasteiger partial charge in [0, 0.05) is 12.6 Å². The molecule has 4 heteroatoms. The third kappa shape index (κ3) is 2.59. The summed E-state index contributed by atoms with van der Waals surface area (Å²) in [5.74, 6) is -0.435. The Labute approximate surface area is 114 Å². The van der Waals surface area contributed by atoms with E-state index in [4.69, 9.17) is 4.74 Å². The summed E-state index contributed by atoms with van der Waals surface area (Å²) in [6.07, 6.45) is 0.903. The summed E-state index contributed by atoms with van der Waals surface area (Å²) in [6, 6.07) is 4.01. The molecule has 1 unspecified atom stereocenters. The first-order valence-corrected chi connectivity index (χ1v) is 6.85. The topological polar surface area (TPSA) is 49.8 Å². The molecule has 1 heterocycles. The minimum Gasteiger partial charge on any atom is -0.493 e. The van der Waals surface area contributed by atoms with Gasteiger partial charge in [0.25, 0.3) is 0 Å². The van der Waals surface area contributed by atoms with Gasteiger partial charge in [0.05, 0.1) is 6.61 Å². The predicted octanol–water partition coefficient (Wildman–Crippen LogP) is 2.72. The molecular formula is C15H21NO3. The Kier molecular flexibility index (Phi) is 4.10. The lowest BCUT2D eigenvalue weighted by Gasteiger charge is -2.34. The fourth-order valence-corrected chi connectivity index (χ4v) is 2.77. The quantitative estimate of drug-likeness (QED) is 0.907. The van der Waals surface area contributed by atoms with Crippen molar-refractivity contribution in [2.45, 2.75) is 33.2 Å². The Bertz CT molecular complexity index is 485. The molecule has 0 saturated carbocycles. The van der Waals surface area contributed by atoms with Crippen LogP contribution in [0.1, 0.15) is 48.3 Å². The molecule has 104 valence electrons. The zero-order chi connectivity index (χ0) is 14.0. The van der Waals surface area contributed by atoms with Crippen LogP contribution in [0.5, 0.6) is 5.75 Å². The van der Waals surface area contributed by atoms with Crippen molar-refractivity contribution in [1.82, 2.24) is 4.90 Å². The lowest BCUT2D eigenvalue weighted by molar-refractivity contribution is 0.0692. The molecule has 0 saturated heterocycles. The molecule has 0 aromatic heterocycles. The van der Waals surface area contributed by atoms with Crippen LogP contribution < -0.4 is 4.74 Å². The lowest BCUT2D eigenvalue weighted by Crippen LogP contribution is -2.33. The maximum absolute atomic E-state index is 11.3. The molecule has 4 nitrogen and oxygen atoms in total. The van der Waals surface area contributed by atoms with Crippen molar-refractivity contribution in [2.24, 2.45) is 0 Å². The van der Waals surface area contributed by atoms with Gasteiger partial charge in [-0.15, -0.1) is 0 Å². The van der Waals surface area contributed by atoms with Gasteiger partial charge in [-0.3, -0.25) is 4.90 Å². The Morgan fingerprint density at radius 1 is 1.47 bits per heavy atom. The van der Waals surface area contributed by atoms with Crippen molar-refractivity contribution < 1.29 is 14.6 Å². The zero-order valence-electron chi connectivity index (χ0n) is 11.8. The number of likely N-dealkylation sites (N-methyl/N-ethyl adjacent to an activating group) is 1. The van der Waals surface area contributed by atoms with E-state index in [1.54, 1.807) is 6.07 Å². The smallest absolute Gasteiger partial charge is 0.339 e. The molecule has 0 aliphatic carbocycles. The molecule has 2 rings (SSSR count). The average molecular weight is 263 g/mol. The van der Waals surface area contributed by atoms with Gasteiger partial charge < -0.3 is 9.84 Å². The summed E-state index contributed by atoms with van der Waals surface area (Å²) in [5, 5.41) is 9.27. The second-order valence-corrected chi connectivity index (χ2v) is 4.84. The lowest BCUT2D eigenvalue weighted by atomic mass is 9.91. The van der Waals surface area contributed by atoms with Gasteiger partial charge in [0.1, 0.15) is 11.3 Å². The van der Waals surface area contributed by atoms with Crippen LogP contribution in [-0.2, 0) is 6.42 Å². The van der Waals surface area contributed by atoms with Crippen LogP contribution in [-0.4, -0.2) is 35.7 Å². The van der Waals surface area contributed by atoms with Gasteiger partial charge in [0.15, 0.2) is 0 Å². The van der Waals surface area contributed by atoms with E-state index < -0.39 is 5.97 Å². The third-order valence-electron chi connectivity index (χ3n) is 3.84. The maximum atomic E-state index is 11.3. The van der Waals surface area contributed by atoms with Crippen molar-refractivity contribution in [3.8, 4) is 5.75 Å². The molecule has 0 amide bonds. The summed E-state index contributed by atoms with van der Waals surface area (Å²) >= 11 is 0. The van der Waals surface area contributed by atoms with Gasteiger partial charge >= 0.3 is 5.97 Å². The summed E-state index contributed by atoms with van der Waals surface area (Å²) in [7, 11) is 0. The number of benzene rings is 1. The summed E-state index contributed by atoms with van der Waals surface area (Å²) < 4.78 is 5.48. The number of nitrogens with zero attached hydrogens (tertiary/aromatic N) is 1. The molecule has 1 aliphatic rings. The fraction of sp³-hybridized carbons (Fsp3) is 0.533. The molecule has 0 spiro atoms. The van der Waals surface area contributed by atoms with E-state index >= 15 is 0 Å². The summed E-state index contributed by atoms with van der Waals surface area (Å²) in [6.45, 7) is 8.65. The number of rotatable bonds is 4. The number of ether oxygens (including phenoxy) is 1. The number of carboxylic acid groups (broad SMARTS) is 1. The molecule has 1 atom stereocenters. The van der Waals surface area contributed by atoms with Crippen molar-refractivity contribution >= 4 is 5.97 Å². The van der Waals surface area contributed by atoms with Gasteiger partial charge in [-0.25, -0.2) is 4.79 Å². The third-order valence-corrected chi connectivity index (χ3v) is 3.84. The molecule has 19 heavy (non-hydrogen) atoms. The highest BCUT2D eigenvalue weighted by molar-refractivity contribution is 5.91. The summed E-state index contributed by atoms with van der Waals surface area (Å²) in [5.41, 5.74) is 2.61. The van der Waals surface area contributed by atoms with Crippen LogP contribution in [0.3, 0.4) is 0 Å². The second kappa shape index (κ2) is 5.61. The van der Waals surface area contributed by atoms with Crippen molar-refractivity contribution in [1.29, 1.82) is 0 Å². The Hall–Kier alpha value is -1.55. The largest absolute Gasteiger partial charge is 0.493 e. The van der Waals surface area contributed by atoms with Crippen molar-refractivity contribution in [3.63, 3.8) is 0 Å². The number of fused-ring (bicyclic) bond motifs is 1.